The average molecular weight is 302 g/mol. The number of benzene rings is 1. The van der Waals surface area contributed by atoms with E-state index in [0.29, 0.717) is 37.7 Å². The minimum Gasteiger partial charge on any atom is -0.490 e. The van der Waals surface area contributed by atoms with Gasteiger partial charge in [0.25, 0.3) is 0 Å². The molecule has 1 aromatic rings. The Morgan fingerprint density at radius 1 is 1.35 bits per heavy atom. The van der Waals surface area contributed by atoms with Crippen LogP contribution in [0, 0.1) is 0 Å². The molecule has 94 valence electrons. The molecule has 0 aromatic heterocycles. The maximum atomic E-state index is 9.92. The van der Waals surface area contributed by atoms with Crippen molar-refractivity contribution in [1.82, 2.24) is 0 Å². The second kappa shape index (κ2) is 5.71. The monoisotopic (exact) mass is 301 g/mol. The first-order valence-electron chi connectivity index (χ1n) is 5.69. The highest BCUT2D eigenvalue weighted by Gasteiger charge is 2.17. The molecule has 0 aliphatic carbocycles. The maximum absolute atomic E-state index is 9.92. The number of ether oxygens (including phenoxy) is 2. The van der Waals surface area contributed by atoms with Crippen LogP contribution in [-0.4, -0.2) is 24.9 Å². The summed E-state index contributed by atoms with van der Waals surface area (Å²) in [5.74, 6) is 1.40. The van der Waals surface area contributed by atoms with Crippen LogP contribution in [0.2, 0.25) is 0 Å². The molecule has 0 saturated heterocycles. The molecule has 4 nitrogen and oxygen atoms in total. The van der Waals surface area contributed by atoms with Crippen molar-refractivity contribution in [3.05, 3.63) is 22.2 Å². The normalized spacial score (nSPS) is 16.4. The third kappa shape index (κ3) is 2.91. The molecule has 17 heavy (non-hydrogen) atoms. The fourth-order valence-corrected chi connectivity index (χ4v) is 2.34. The summed E-state index contributed by atoms with van der Waals surface area (Å²) in [7, 11) is 0. The lowest BCUT2D eigenvalue weighted by Gasteiger charge is -2.15. The Morgan fingerprint density at radius 3 is 2.88 bits per heavy atom. The maximum Gasteiger partial charge on any atom is 0.175 e. The summed E-state index contributed by atoms with van der Waals surface area (Å²) in [5, 5.41) is 9.92. The Balaban J connectivity index is 2.31. The molecule has 2 rings (SSSR count). The number of rotatable bonds is 3. The van der Waals surface area contributed by atoms with Gasteiger partial charge in [-0.15, -0.1) is 0 Å². The third-order valence-electron chi connectivity index (χ3n) is 2.65. The highest BCUT2D eigenvalue weighted by molar-refractivity contribution is 9.10. The van der Waals surface area contributed by atoms with Crippen molar-refractivity contribution >= 4 is 15.9 Å². The SMILES string of the molecule is NCCC(O)c1cc(Br)c2c(c1)OCCCO2. The Bertz CT molecular complexity index is 398. The molecule has 1 heterocycles. The van der Waals surface area contributed by atoms with Crippen LogP contribution in [0.15, 0.2) is 16.6 Å². The Labute approximate surface area is 109 Å². The summed E-state index contributed by atoms with van der Waals surface area (Å²) in [6.45, 7) is 1.74. The number of hydrogen-bond acceptors (Lipinski definition) is 4. The third-order valence-corrected chi connectivity index (χ3v) is 3.24. The molecular weight excluding hydrogens is 286 g/mol. The second-order valence-electron chi connectivity index (χ2n) is 3.97. The summed E-state index contributed by atoms with van der Waals surface area (Å²) >= 11 is 3.44. The van der Waals surface area contributed by atoms with Gasteiger partial charge in [-0.1, -0.05) is 0 Å². The first-order chi connectivity index (χ1) is 8.22. The highest BCUT2D eigenvalue weighted by Crippen LogP contribution is 2.39. The molecule has 0 saturated carbocycles. The predicted octanol–water partition coefficient (Wildman–Crippen LogP) is 1.99. The van der Waals surface area contributed by atoms with E-state index >= 15 is 0 Å². The van der Waals surface area contributed by atoms with Gasteiger partial charge in [0.15, 0.2) is 11.5 Å². The van der Waals surface area contributed by atoms with Crippen molar-refractivity contribution in [3.63, 3.8) is 0 Å². The topological polar surface area (TPSA) is 64.7 Å². The first-order valence-corrected chi connectivity index (χ1v) is 6.49. The highest BCUT2D eigenvalue weighted by atomic mass is 79.9. The van der Waals surface area contributed by atoms with Gasteiger partial charge in [-0.2, -0.15) is 0 Å². The second-order valence-corrected chi connectivity index (χ2v) is 4.83. The van der Waals surface area contributed by atoms with Crippen LogP contribution in [0.1, 0.15) is 24.5 Å². The van der Waals surface area contributed by atoms with Crippen LogP contribution < -0.4 is 15.2 Å². The summed E-state index contributed by atoms with van der Waals surface area (Å²) in [4.78, 5) is 0. The van der Waals surface area contributed by atoms with Crippen LogP contribution in [0.3, 0.4) is 0 Å². The molecule has 1 aliphatic rings. The fraction of sp³-hybridized carbons (Fsp3) is 0.500. The van der Waals surface area contributed by atoms with Crippen molar-refractivity contribution in [2.75, 3.05) is 19.8 Å². The zero-order valence-corrected chi connectivity index (χ0v) is 11.1. The Hall–Kier alpha value is -0.780. The van der Waals surface area contributed by atoms with E-state index in [1.54, 1.807) is 0 Å². The molecule has 1 unspecified atom stereocenters. The number of hydrogen-bond donors (Lipinski definition) is 2. The van der Waals surface area contributed by atoms with Crippen molar-refractivity contribution in [1.29, 1.82) is 0 Å². The zero-order chi connectivity index (χ0) is 12.3. The fourth-order valence-electron chi connectivity index (χ4n) is 1.77. The number of halogens is 1. The first kappa shape index (κ1) is 12.7. The molecule has 0 fully saturated rings. The summed E-state index contributed by atoms with van der Waals surface area (Å²) in [6.07, 6.45) is 0.835. The van der Waals surface area contributed by atoms with E-state index in [4.69, 9.17) is 15.2 Å². The standard InChI is InChI=1S/C12H16BrNO3/c13-9-6-8(10(15)2-3-14)7-11-12(9)17-5-1-4-16-11/h6-7,10,15H,1-5,14H2. The van der Waals surface area contributed by atoms with Crippen LogP contribution in [0.4, 0.5) is 0 Å². The molecule has 1 atom stereocenters. The van der Waals surface area contributed by atoms with Gasteiger partial charge in [0.05, 0.1) is 23.8 Å². The zero-order valence-electron chi connectivity index (χ0n) is 9.49. The Kier molecular flexibility index (Phi) is 4.25. The van der Waals surface area contributed by atoms with Crippen LogP contribution in [-0.2, 0) is 0 Å². The van der Waals surface area contributed by atoms with Crippen LogP contribution >= 0.6 is 15.9 Å². The van der Waals surface area contributed by atoms with Gasteiger partial charge in [-0.05, 0) is 46.6 Å². The molecule has 0 amide bonds. The molecule has 1 aromatic carbocycles. The van der Waals surface area contributed by atoms with Gasteiger partial charge in [-0.3, -0.25) is 0 Å². The number of aliphatic hydroxyl groups excluding tert-OH is 1. The van der Waals surface area contributed by atoms with Gasteiger partial charge in [0.1, 0.15) is 0 Å². The van der Waals surface area contributed by atoms with E-state index < -0.39 is 6.10 Å². The van der Waals surface area contributed by atoms with Gasteiger partial charge >= 0.3 is 0 Å². The summed E-state index contributed by atoms with van der Waals surface area (Å²) in [5.41, 5.74) is 6.24. The molecule has 3 N–H and O–H groups in total. The van der Waals surface area contributed by atoms with Crippen LogP contribution in [0.25, 0.3) is 0 Å². The largest absolute Gasteiger partial charge is 0.490 e. The van der Waals surface area contributed by atoms with Crippen LogP contribution in [0.5, 0.6) is 11.5 Å². The van der Waals surface area contributed by atoms with Crippen molar-refractivity contribution in [3.8, 4) is 11.5 Å². The lowest BCUT2D eigenvalue weighted by atomic mass is 10.1. The smallest absolute Gasteiger partial charge is 0.175 e. The van der Waals surface area contributed by atoms with Gasteiger partial charge in [0.2, 0.25) is 0 Å². The molecular formula is C12H16BrNO3. The van der Waals surface area contributed by atoms with E-state index in [9.17, 15) is 5.11 Å². The lowest BCUT2D eigenvalue weighted by Crippen LogP contribution is -2.07. The van der Waals surface area contributed by atoms with E-state index in [-0.39, 0.29) is 0 Å². The Morgan fingerprint density at radius 2 is 2.12 bits per heavy atom. The molecule has 0 bridgehead atoms. The minimum atomic E-state index is -0.562. The van der Waals surface area contributed by atoms with Crippen molar-refractivity contribution in [2.24, 2.45) is 5.73 Å². The van der Waals surface area contributed by atoms with E-state index in [2.05, 4.69) is 15.9 Å². The van der Waals surface area contributed by atoms with Gasteiger partial charge in [-0.25, -0.2) is 0 Å². The van der Waals surface area contributed by atoms with E-state index in [1.165, 1.54) is 0 Å². The quantitative estimate of drug-likeness (QED) is 0.896. The number of fused-ring (bicyclic) bond motifs is 1. The van der Waals surface area contributed by atoms with Crippen molar-refractivity contribution < 1.29 is 14.6 Å². The van der Waals surface area contributed by atoms with E-state index in [0.717, 1.165) is 16.5 Å². The number of aliphatic hydroxyl groups is 1. The van der Waals surface area contributed by atoms with E-state index in [1.807, 2.05) is 12.1 Å². The molecule has 1 aliphatic heterocycles. The van der Waals surface area contributed by atoms with Gasteiger partial charge in [0, 0.05) is 6.42 Å². The lowest BCUT2D eigenvalue weighted by molar-refractivity contribution is 0.169. The summed E-state index contributed by atoms with van der Waals surface area (Å²) in [6, 6.07) is 3.68. The predicted molar refractivity (Wildman–Crippen MR) is 68.4 cm³/mol. The summed E-state index contributed by atoms with van der Waals surface area (Å²) < 4.78 is 12.0. The van der Waals surface area contributed by atoms with Crippen molar-refractivity contribution in [2.45, 2.75) is 18.9 Å². The molecule has 0 spiro atoms. The molecule has 5 heteroatoms. The average Bonchev–Trinajstić information content (AvgIpc) is 2.54. The number of nitrogens with two attached hydrogens (primary N) is 1. The van der Waals surface area contributed by atoms with Gasteiger partial charge < -0.3 is 20.3 Å². The minimum absolute atomic E-state index is 0.452. The molecule has 0 radical (unpaired) electrons.